The number of hydrogen-bond acceptors (Lipinski definition) is 8. The Morgan fingerprint density at radius 3 is 2.89 bits per heavy atom. The van der Waals surface area contributed by atoms with Crippen molar-refractivity contribution in [2.24, 2.45) is 5.10 Å². The first-order valence-electron chi connectivity index (χ1n) is 10.7. The molecule has 1 amide bonds. The minimum atomic E-state index is -0.115. The number of carbonyl (C=O) groups excluding carboxylic acids is 1. The Labute approximate surface area is 214 Å². The van der Waals surface area contributed by atoms with Gasteiger partial charge in [0.15, 0.2) is 0 Å². The number of nitrogens with zero attached hydrogens (tertiary/aromatic N) is 4. The van der Waals surface area contributed by atoms with E-state index in [4.69, 9.17) is 4.74 Å². The number of amides is 1. The maximum absolute atomic E-state index is 12.0. The highest BCUT2D eigenvalue weighted by molar-refractivity contribution is 9.10. The van der Waals surface area contributed by atoms with Gasteiger partial charge in [-0.3, -0.25) is 4.79 Å². The number of rotatable bonds is 11. The molecular formula is C24H22BrN7O2S. The third-order valence-corrected chi connectivity index (χ3v) is 5.88. The summed E-state index contributed by atoms with van der Waals surface area (Å²) >= 11 is 4.84. The zero-order chi connectivity index (χ0) is 24.3. The van der Waals surface area contributed by atoms with E-state index in [1.54, 1.807) is 24.5 Å². The van der Waals surface area contributed by atoms with Crippen LogP contribution in [0.5, 0.6) is 5.75 Å². The van der Waals surface area contributed by atoms with Gasteiger partial charge in [-0.2, -0.15) is 10.1 Å². The van der Waals surface area contributed by atoms with Crippen LogP contribution in [0.15, 0.2) is 87.7 Å². The van der Waals surface area contributed by atoms with Crippen LogP contribution in [0, 0.1) is 0 Å². The van der Waals surface area contributed by atoms with Gasteiger partial charge in [0.25, 0.3) is 0 Å². The van der Waals surface area contributed by atoms with Crippen LogP contribution in [0.3, 0.4) is 0 Å². The average Bonchev–Trinajstić information content (AvgIpc) is 3.31. The molecule has 4 aromatic rings. The monoisotopic (exact) mass is 551 g/mol. The summed E-state index contributed by atoms with van der Waals surface area (Å²) in [6.45, 7) is 0.445. The molecule has 4 rings (SSSR count). The lowest BCUT2D eigenvalue weighted by atomic mass is 10.2. The number of aromatic nitrogens is 4. The van der Waals surface area contributed by atoms with Gasteiger partial charge in [0.05, 0.1) is 6.21 Å². The van der Waals surface area contributed by atoms with Gasteiger partial charge in [-0.05, 0) is 42.0 Å². The summed E-state index contributed by atoms with van der Waals surface area (Å²) in [4.78, 5) is 20.4. The van der Waals surface area contributed by atoms with Gasteiger partial charge in [-0.15, -0.1) is 5.10 Å². The molecule has 2 heterocycles. The lowest BCUT2D eigenvalue weighted by Crippen LogP contribution is -2.13. The number of pyridine rings is 1. The van der Waals surface area contributed by atoms with Crippen LogP contribution in [0.25, 0.3) is 0 Å². The number of benzene rings is 2. The molecule has 0 spiro atoms. The predicted octanol–water partition coefficient (Wildman–Crippen LogP) is 5.11. The van der Waals surface area contributed by atoms with E-state index in [2.05, 4.69) is 51.9 Å². The van der Waals surface area contributed by atoms with Crippen LogP contribution in [-0.2, 0) is 11.4 Å². The molecule has 3 N–H and O–H groups in total. The zero-order valence-electron chi connectivity index (χ0n) is 18.5. The molecule has 2 aromatic carbocycles. The molecule has 0 bridgehead atoms. The van der Waals surface area contributed by atoms with Crippen molar-refractivity contribution in [1.82, 2.24) is 20.2 Å². The zero-order valence-corrected chi connectivity index (χ0v) is 20.9. The molecule has 35 heavy (non-hydrogen) atoms. The number of nitrogens with one attached hydrogen (secondary N) is 3. The van der Waals surface area contributed by atoms with E-state index in [0.29, 0.717) is 35.7 Å². The van der Waals surface area contributed by atoms with Gasteiger partial charge in [0, 0.05) is 28.4 Å². The van der Waals surface area contributed by atoms with Crippen molar-refractivity contribution >= 4 is 51.6 Å². The fourth-order valence-electron chi connectivity index (χ4n) is 2.91. The fourth-order valence-corrected chi connectivity index (χ4v) is 4.09. The highest BCUT2D eigenvalue weighted by atomic mass is 79.9. The van der Waals surface area contributed by atoms with E-state index in [0.717, 1.165) is 21.3 Å². The van der Waals surface area contributed by atoms with Gasteiger partial charge in [-0.1, -0.05) is 58.0 Å². The second-order valence-electron chi connectivity index (χ2n) is 7.15. The number of carbonyl (C=O) groups is 1. The Bertz CT molecular complexity index is 1280. The number of H-pyrrole nitrogens is 1. The normalized spacial score (nSPS) is 10.9. The smallest absolute Gasteiger partial charge is 0.240 e. The minimum absolute atomic E-state index is 0.115. The van der Waals surface area contributed by atoms with Crippen molar-refractivity contribution < 1.29 is 9.53 Å². The van der Waals surface area contributed by atoms with E-state index in [1.807, 2.05) is 54.6 Å². The third-order valence-electron chi connectivity index (χ3n) is 4.53. The number of anilines is 2. The Kier molecular flexibility index (Phi) is 8.85. The summed E-state index contributed by atoms with van der Waals surface area (Å²) in [7, 11) is 0. The summed E-state index contributed by atoms with van der Waals surface area (Å²) < 4.78 is 6.98. The molecule has 0 saturated carbocycles. The molecule has 0 radical (unpaired) electrons. The average molecular weight is 552 g/mol. The number of thioether (sulfide) groups is 1. The number of hydrazone groups is 1. The SMILES string of the molecule is O=C(CCSc1n[nH]c(N/N=C/c2ccccc2OCc2cccc(Br)c2)n1)Nc1ccccn1. The highest BCUT2D eigenvalue weighted by Crippen LogP contribution is 2.20. The van der Waals surface area contributed by atoms with Crippen LogP contribution in [-0.4, -0.2) is 38.0 Å². The van der Waals surface area contributed by atoms with E-state index < -0.39 is 0 Å². The molecule has 0 aliphatic heterocycles. The van der Waals surface area contributed by atoms with E-state index in [1.165, 1.54) is 11.8 Å². The lowest BCUT2D eigenvalue weighted by molar-refractivity contribution is -0.115. The lowest BCUT2D eigenvalue weighted by Gasteiger charge is -2.09. The van der Waals surface area contributed by atoms with Gasteiger partial charge >= 0.3 is 0 Å². The van der Waals surface area contributed by atoms with Gasteiger partial charge in [-0.25, -0.2) is 15.5 Å². The number of halogens is 1. The van der Waals surface area contributed by atoms with E-state index >= 15 is 0 Å². The maximum Gasteiger partial charge on any atom is 0.240 e. The predicted molar refractivity (Wildman–Crippen MR) is 141 cm³/mol. The minimum Gasteiger partial charge on any atom is -0.488 e. The molecule has 0 aliphatic carbocycles. The largest absolute Gasteiger partial charge is 0.488 e. The van der Waals surface area contributed by atoms with Crippen molar-refractivity contribution in [3.8, 4) is 5.75 Å². The van der Waals surface area contributed by atoms with Gasteiger partial charge in [0.1, 0.15) is 18.2 Å². The highest BCUT2D eigenvalue weighted by Gasteiger charge is 2.07. The van der Waals surface area contributed by atoms with Crippen LogP contribution in [0.2, 0.25) is 0 Å². The van der Waals surface area contributed by atoms with Crippen molar-refractivity contribution in [2.75, 3.05) is 16.5 Å². The van der Waals surface area contributed by atoms with E-state index in [-0.39, 0.29) is 5.91 Å². The number of ether oxygens (including phenoxy) is 1. The first-order chi connectivity index (χ1) is 17.2. The first kappa shape index (κ1) is 24.4. The summed E-state index contributed by atoms with van der Waals surface area (Å²) in [5, 5.41) is 14.4. The van der Waals surface area contributed by atoms with Crippen molar-refractivity contribution in [3.05, 3.63) is 88.5 Å². The van der Waals surface area contributed by atoms with Crippen LogP contribution >= 0.6 is 27.7 Å². The molecule has 0 saturated heterocycles. The van der Waals surface area contributed by atoms with Crippen molar-refractivity contribution in [3.63, 3.8) is 0 Å². The fraction of sp³-hybridized carbons (Fsp3) is 0.125. The summed E-state index contributed by atoms with van der Waals surface area (Å²) in [5.41, 5.74) is 4.71. The Balaban J connectivity index is 1.24. The van der Waals surface area contributed by atoms with Crippen LogP contribution in [0.4, 0.5) is 11.8 Å². The first-order valence-corrected chi connectivity index (χ1v) is 12.4. The molecule has 11 heteroatoms. The Morgan fingerprint density at radius 2 is 2.03 bits per heavy atom. The topological polar surface area (TPSA) is 117 Å². The summed E-state index contributed by atoms with van der Waals surface area (Å²) in [5.74, 6) is 2.06. The number of hydrogen-bond donors (Lipinski definition) is 3. The molecular weight excluding hydrogens is 530 g/mol. The van der Waals surface area contributed by atoms with Crippen LogP contribution in [0.1, 0.15) is 17.5 Å². The molecule has 0 unspecified atom stereocenters. The number of para-hydroxylation sites is 1. The van der Waals surface area contributed by atoms with Gasteiger partial charge in [0.2, 0.25) is 17.0 Å². The van der Waals surface area contributed by atoms with Gasteiger partial charge < -0.3 is 10.1 Å². The Morgan fingerprint density at radius 1 is 1.14 bits per heavy atom. The van der Waals surface area contributed by atoms with Crippen LogP contribution < -0.4 is 15.5 Å². The molecule has 0 aliphatic rings. The second kappa shape index (κ2) is 12.7. The second-order valence-corrected chi connectivity index (χ2v) is 9.13. The third kappa shape index (κ3) is 7.94. The van der Waals surface area contributed by atoms with Crippen molar-refractivity contribution in [1.29, 1.82) is 0 Å². The molecule has 0 fully saturated rings. The number of aromatic amines is 1. The standard InChI is InChI=1S/C24H22BrN7O2S/c25-19-8-5-6-17(14-19)16-34-20-9-2-1-7-18(20)15-27-30-23-29-24(32-31-23)35-13-11-22(33)28-21-10-3-4-12-26-21/h1-10,12,14-15H,11,13,16H2,(H,26,28,33)(H2,29,30,31,32)/b27-15+. The molecule has 9 nitrogen and oxygen atoms in total. The molecule has 2 aromatic heterocycles. The summed E-state index contributed by atoms with van der Waals surface area (Å²) in [6, 6.07) is 21.0. The summed E-state index contributed by atoms with van der Waals surface area (Å²) in [6.07, 6.45) is 3.60. The Hall–Kier alpha value is -3.70. The van der Waals surface area contributed by atoms with Crippen molar-refractivity contribution in [2.45, 2.75) is 18.2 Å². The molecule has 0 atom stereocenters. The van der Waals surface area contributed by atoms with E-state index in [9.17, 15) is 4.79 Å². The quantitative estimate of drug-likeness (QED) is 0.135. The maximum atomic E-state index is 12.0. The molecule has 178 valence electrons.